The van der Waals surface area contributed by atoms with Crippen LogP contribution in [-0.4, -0.2) is 0 Å². The first-order chi connectivity index (χ1) is 5.27. The third kappa shape index (κ3) is 1.69. The molecule has 1 aromatic carbocycles. The average Bonchev–Trinajstić information content (AvgIpc) is 2.05. The van der Waals surface area contributed by atoms with E-state index in [0.717, 1.165) is 10.0 Å². The number of halogens is 1. The Morgan fingerprint density at radius 3 is 2.73 bits per heavy atom. The Hall–Kier alpha value is -1.07. The molecule has 0 aliphatic heterocycles. The van der Waals surface area contributed by atoms with Crippen LogP contribution < -0.4 is 0 Å². The van der Waals surface area contributed by atoms with Gasteiger partial charge in [0, 0.05) is 4.47 Å². The number of rotatable bonds is 1. The Morgan fingerprint density at radius 2 is 2.18 bits per heavy atom. The second-order valence-corrected chi connectivity index (χ2v) is 2.84. The maximum absolute atomic E-state index is 8.61. The molecule has 1 aromatic rings. The van der Waals surface area contributed by atoms with Crippen LogP contribution in [0.25, 0.3) is 0 Å². The summed E-state index contributed by atoms with van der Waals surface area (Å²) in [6, 6.07) is 7.45. The smallest absolute Gasteiger partial charge is 0.100 e. The van der Waals surface area contributed by atoms with Crippen LogP contribution in [0, 0.1) is 17.4 Å². The summed E-state index contributed by atoms with van der Waals surface area (Å²) in [5.74, 6) is 0. The normalized spacial score (nSPS) is 8.73. The minimum Gasteiger partial charge on any atom is -0.192 e. The van der Waals surface area contributed by atoms with Crippen LogP contribution in [0.1, 0.15) is 11.1 Å². The highest BCUT2D eigenvalue weighted by Crippen LogP contribution is 2.16. The van der Waals surface area contributed by atoms with Crippen LogP contribution in [0.4, 0.5) is 0 Å². The van der Waals surface area contributed by atoms with Crippen molar-refractivity contribution in [1.29, 1.82) is 5.26 Å². The number of nitriles is 1. The molecule has 0 unspecified atom stereocenters. The molecule has 0 saturated carbocycles. The maximum Gasteiger partial charge on any atom is 0.100 e. The largest absolute Gasteiger partial charge is 0.192 e. The van der Waals surface area contributed by atoms with Crippen LogP contribution >= 0.6 is 15.9 Å². The molecule has 53 valence electrons. The van der Waals surface area contributed by atoms with E-state index in [2.05, 4.69) is 34.7 Å². The first-order valence-electron chi connectivity index (χ1n) is 3.00. The van der Waals surface area contributed by atoms with Crippen molar-refractivity contribution in [2.75, 3.05) is 0 Å². The predicted octanol–water partition coefficient (Wildman–Crippen LogP) is 2.66. The molecular formula is C9H5BrN. The molecule has 0 N–H and O–H groups in total. The van der Waals surface area contributed by atoms with Gasteiger partial charge in [-0.2, -0.15) is 5.26 Å². The van der Waals surface area contributed by atoms with Crippen molar-refractivity contribution in [3.8, 4) is 6.07 Å². The lowest BCUT2D eigenvalue weighted by molar-refractivity contribution is 1.44. The van der Waals surface area contributed by atoms with E-state index in [-0.39, 0.29) is 0 Å². The fourth-order valence-electron chi connectivity index (χ4n) is 0.721. The molecule has 0 heterocycles. The SMILES string of the molecule is C=[C]c1ccc(Br)c(C#N)c1. The highest BCUT2D eigenvalue weighted by atomic mass is 79.9. The molecular weight excluding hydrogens is 202 g/mol. The summed E-state index contributed by atoms with van der Waals surface area (Å²) in [7, 11) is 0. The van der Waals surface area contributed by atoms with Gasteiger partial charge in [0.05, 0.1) is 5.56 Å². The molecule has 0 spiro atoms. The molecule has 0 fully saturated rings. The quantitative estimate of drug-likeness (QED) is 0.694. The molecule has 1 radical (unpaired) electrons. The third-order valence-corrected chi connectivity index (χ3v) is 1.98. The molecule has 0 aromatic heterocycles. The minimum absolute atomic E-state index is 0.610. The molecule has 1 nitrogen and oxygen atoms in total. The molecule has 0 aliphatic carbocycles. The van der Waals surface area contributed by atoms with E-state index >= 15 is 0 Å². The van der Waals surface area contributed by atoms with E-state index in [1.54, 1.807) is 6.07 Å². The highest BCUT2D eigenvalue weighted by Gasteiger charge is 1.97. The van der Waals surface area contributed by atoms with Crippen LogP contribution in [0.5, 0.6) is 0 Å². The van der Waals surface area contributed by atoms with E-state index in [9.17, 15) is 0 Å². The lowest BCUT2D eigenvalue weighted by Crippen LogP contribution is -1.79. The van der Waals surface area contributed by atoms with Gasteiger partial charge in [0.25, 0.3) is 0 Å². The topological polar surface area (TPSA) is 23.8 Å². The fourth-order valence-corrected chi connectivity index (χ4v) is 1.06. The van der Waals surface area contributed by atoms with E-state index in [4.69, 9.17) is 5.26 Å². The zero-order chi connectivity index (χ0) is 8.27. The number of nitrogens with zero attached hydrogens (tertiary/aromatic N) is 1. The van der Waals surface area contributed by atoms with E-state index in [1.807, 2.05) is 12.1 Å². The molecule has 11 heavy (non-hydrogen) atoms. The van der Waals surface area contributed by atoms with Gasteiger partial charge in [-0.05, 0) is 39.7 Å². The van der Waals surface area contributed by atoms with Gasteiger partial charge in [-0.15, -0.1) is 0 Å². The minimum atomic E-state index is 0.610. The van der Waals surface area contributed by atoms with Gasteiger partial charge < -0.3 is 0 Å². The van der Waals surface area contributed by atoms with Gasteiger partial charge in [-0.25, -0.2) is 0 Å². The first-order valence-corrected chi connectivity index (χ1v) is 3.80. The van der Waals surface area contributed by atoms with Crippen molar-refractivity contribution >= 4 is 15.9 Å². The van der Waals surface area contributed by atoms with Gasteiger partial charge in [-0.3, -0.25) is 0 Å². The van der Waals surface area contributed by atoms with E-state index in [1.165, 1.54) is 0 Å². The van der Waals surface area contributed by atoms with Crippen LogP contribution in [0.3, 0.4) is 0 Å². The van der Waals surface area contributed by atoms with E-state index < -0.39 is 0 Å². The summed E-state index contributed by atoms with van der Waals surface area (Å²) in [6.07, 6.45) is 2.71. The fraction of sp³-hybridized carbons (Fsp3) is 0. The molecule has 0 saturated heterocycles. The van der Waals surface area contributed by atoms with Crippen molar-refractivity contribution < 1.29 is 0 Å². The Morgan fingerprint density at radius 1 is 1.45 bits per heavy atom. The van der Waals surface area contributed by atoms with Crippen molar-refractivity contribution in [3.63, 3.8) is 0 Å². The second-order valence-electron chi connectivity index (χ2n) is 1.98. The zero-order valence-electron chi connectivity index (χ0n) is 5.76. The lowest BCUT2D eigenvalue weighted by atomic mass is 10.1. The van der Waals surface area contributed by atoms with Crippen molar-refractivity contribution in [1.82, 2.24) is 0 Å². The van der Waals surface area contributed by atoms with Gasteiger partial charge in [0.2, 0.25) is 0 Å². The van der Waals surface area contributed by atoms with Crippen LogP contribution in [0.15, 0.2) is 29.3 Å². The van der Waals surface area contributed by atoms with Gasteiger partial charge >= 0.3 is 0 Å². The Balaban J connectivity index is 3.25. The summed E-state index contributed by atoms with van der Waals surface area (Å²) >= 11 is 3.25. The van der Waals surface area contributed by atoms with E-state index in [0.29, 0.717) is 5.56 Å². The number of benzene rings is 1. The molecule has 0 atom stereocenters. The van der Waals surface area contributed by atoms with Gasteiger partial charge in [0.1, 0.15) is 6.07 Å². The molecule has 0 bridgehead atoms. The molecule has 1 rings (SSSR count). The van der Waals surface area contributed by atoms with Crippen LogP contribution in [-0.2, 0) is 0 Å². The predicted molar refractivity (Wildman–Crippen MR) is 46.8 cm³/mol. The van der Waals surface area contributed by atoms with Gasteiger partial charge in [-0.1, -0.05) is 12.6 Å². The number of hydrogen-bond acceptors (Lipinski definition) is 1. The number of hydrogen-bond donors (Lipinski definition) is 0. The summed E-state index contributed by atoms with van der Waals surface area (Å²) in [4.78, 5) is 0. The Bertz CT molecular complexity index is 323. The molecule has 0 aliphatic rings. The highest BCUT2D eigenvalue weighted by molar-refractivity contribution is 9.10. The average molecular weight is 207 g/mol. The maximum atomic E-state index is 8.61. The summed E-state index contributed by atoms with van der Waals surface area (Å²) < 4.78 is 0.805. The summed E-state index contributed by atoms with van der Waals surface area (Å²) in [5.41, 5.74) is 1.45. The standard InChI is InChI=1S/C9H5BrN/c1-2-7-3-4-9(10)8(5-7)6-11/h3-5H,1H2. The van der Waals surface area contributed by atoms with Crippen LogP contribution in [0.2, 0.25) is 0 Å². The van der Waals surface area contributed by atoms with Crippen molar-refractivity contribution in [2.45, 2.75) is 0 Å². The molecule has 0 amide bonds. The zero-order valence-corrected chi connectivity index (χ0v) is 7.35. The summed E-state index contributed by atoms with van der Waals surface area (Å²) in [5, 5.41) is 8.61. The Kier molecular flexibility index (Phi) is 2.45. The molecule has 2 heteroatoms. The first kappa shape index (κ1) is 8.03. The monoisotopic (exact) mass is 206 g/mol. The van der Waals surface area contributed by atoms with Crippen molar-refractivity contribution in [2.24, 2.45) is 0 Å². The summed E-state index contributed by atoms with van der Waals surface area (Å²) in [6.45, 7) is 3.49. The van der Waals surface area contributed by atoms with Gasteiger partial charge in [0.15, 0.2) is 0 Å². The van der Waals surface area contributed by atoms with Crippen molar-refractivity contribution in [3.05, 3.63) is 46.5 Å². The Labute approximate surface area is 74.1 Å². The third-order valence-electron chi connectivity index (χ3n) is 1.29. The second kappa shape index (κ2) is 3.36. The lowest BCUT2D eigenvalue weighted by Gasteiger charge is -1.95.